The summed E-state index contributed by atoms with van der Waals surface area (Å²) in [6, 6.07) is 2.91. The summed E-state index contributed by atoms with van der Waals surface area (Å²) < 4.78 is 5.58. The molecule has 7 heteroatoms. The molecule has 0 aliphatic carbocycles. The summed E-state index contributed by atoms with van der Waals surface area (Å²) in [5, 5.41) is 11.6. The van der Waals surface area contributed by atoms with Crippen LogP contribution in [0.3, 0.4) is 0 Å². The minimum Gasteiger partial charge on any atom is -0.477 e. The standard InChI is InChI=1S/C14H19N3O4/c1-9-7-17(8-10(2)21-9)14(20)16-6-11-3-4-12(13(18)19)15-5-11/h3-5,9-10H,6-8H2,1-2H3,(H,16,20)(H,18,19). The summed E-state index contributed by atoms with van der Waals surface area (Å²) in [6.45, 7) is 5.31. The zero-order valence-electron chi connectivity index (χ0n) is 12.1. The van der Waals surface area contributed by atoms with Gasteiger partial charge in [-0.3, -0.25) is 0 Å². The van der Waals surface area contributed by atoms with Crippen LogP contribution >= 0.6 is 0 Å². The first-order valence-electron chi connectivity index (χ1n) is 6.82. The molecule has 7 nitrogen and oxygen atoms in total. The van der Waals surface area contributed by atoms with Crippen LogP contribution < -0.4 is 5.32 Å². The van der Waals surface area contributed by atoms with Crippen LogP contribution in [-0.2, 0) is 11.3 Å². The predicted molar refractivity (Wildman–Crippen MR) is 75.0 cm³/mol. The third kappa shape index (κ3) is 4.16. The lowest BCUT2D eigenvalue weighted by Gasteiger charge is -2.35. The highest BCUT2D eigenvalue weighted by Crippen LogP contribution is 2.10. The Morgan fingerprint density at radius 1 is 1.38 bits per heavy atom. The lowest BCUT2D eigenvalue weighted by Crippen LogP contribution is -2.51. The highest BCUT2D eigenvalue weighted by atomic mass is 16.5. The van der Waals surface area contributed by atoms with Crippen LogP contribution in [0.5, 0.6) is 0 Å². The fourth-order valence-corrected chi connectivity index (χ4v) is 2.29. The molecule has 0 spiro atoms. The quantitative estimate of drug-likeness (QED) is 0.870. The van der Waals surface area contributed by atoms with Gasteiger partial charge in [0.05, 0.1) is 12.2 Å². The van der Waals surface area contributed by atoms with Gasteiger partial charge in [0.25, 0.3) is 0 Å². The van der Waals surface area contributed by atoms with E-state index in [2.05, 4.69) is 10.3 Å². The summed E-state index contributed by atoms with van der Waals surface area (Å²) in [5.41, 5.74) is 0.739. The smallest absolute Gasteiger partial charge is 0.354 e. The van der Waals surface area contributed by atoms with Gasteiger partial charge in [-0.25, -0.2) is 14.6 Å². The average Bonchev–Trinajstić information content (AvgIpc) is 2.44. The van der Waals surface area contributed by atoms with Crippen LogP contribution in [0.1, 0.15) is 29.9 Å². The number of carboxylic acid groups (broad SMARTS) is 1. The molecule has 1 saturated heterocycles. The second-order valence-corrected chi connectivity index (χ2v) is 5.18. The van der Waals surface area contributed by atoms with Crippen molar-refractivity contribution in [1.29, 1.82) is 0 Å². The summed E-state index contributed by atoms with van der Waals surface area (Å²) in [5.74, 6) is -1.07. The van der Waals surface area contributed by atoms with E-state index in [4.69, 9.17) is 9.84 Å². The fraction of sp³-hybridized carbons (Fsp3) is 0.500. The summed E-state index contributed by atoms with van der Waals surface area (Å²) in [6.07, 6.45) is 1.50. The van der Waals surface area contributed by atoms with Crippen molar-refractivity contribution in [2.24, 2.45) is 0 Å². The molecular formula is C14H19N3O4. The lowest BCUT2D eigenvalue weighted by atomic mass is 10.2. The molecule has 2 amide bonds. The van der Waals surface area contributed by atoms with E-state index in [9.17, 15) is 9.59 Å². The molecule has 1 aliphatic rings. The molecule has 0 aromatic carbocycles. The number of aromatic nitrogens is 1. The third-order valence-corrected chi connectivity index (χ3v) is 3.19. The van der Waals surface area contributed by atoms with Crippen molar-refractivity contribution in [3.63, 3.8) is 0 Å². The van der Waals surface area contributed by atoms with Crippen LogP contribution in [0, 0.1) is 0 Å². The zero-order chi connectivity index (χ0) is 15.4. The van der Waals surface area contributed by atoms with Crippen molar-refractivity contribution in [2.45, 2.75) is 32.6 Å². The maximum absolute atomic E-state index is 12.1. The van der Waals surface area contributed by atoms with Crippen molar-refractivity contribution in [3.05, 3.63) is 29.6 Å². The van der Waals surface area contributed by atoms with Crippen molar-refractivity contribution >= 4 is 12.0 Å². The number of carbonyl (C=O) groups is 2. The highest BCUT2D eigenvalue weighted by Gasteiger charge is 2.25. The topological polar surface area (TPSA) is 91.8 Å². The Kier molecular flexibility index (Phi) is 4.74. The van der Waals surface area contributed by atoms with E-state index in [1.807, 2.05) is 13.8 Å². The van der Waals surface area contributed by atoms with E-state index < -0.39 is 5.97 Å². The van der Waals surface area contributed by atoms with Gasteiger partial charge in [-0.1, -0.05) is 6.07 Å². The number of rotatable bonds is 3. The van der Waals surface area contributed by atoms with Gasteiger partial charge in [0.15, 0.2) is 0 Å². The molecular weight excluding hydrogens is 274 g/mol. The Balaban J connectivity index is 1.87. The number of ether oxygens (including phenoxy) is 1. The summed E-state index contributed by atoms with van der Waals surface area (Å²) in [7, 11) is 0. The molecule has 2 rings (SSSR count). The van der Waals surface area contributed by atoms with E-state index in [-0.39, 0.29) is 23.9 Å². The Morgan fingerprint density at radius 3 is 2.57 bits per heavy atom. The molecule has 1 aliphatic heterocycles. The lowest BCUT2D eigenvalue weighted by molar-refractivity contribution is -0.0545. The van der Waals surface area contributed by atoms with Crippen LogP contribution in [0.15, 0.2) is 18.3 Å². The second-order valence-electron chi connectivity index (χ2n) is 5.18. The molecule has 0 saturated carbocycles. The van der Waals surface area contributed by atoms with Gasteiger partial charge in [-0.05, 0) is 25.5 Å². The predicted octanol–water partition coefficient (Wildman–Crippen LogP) is 1.10. The first-order chi connectivity index (χ1) is 9.95. The average molecular weight is 293 g/mol. The van der Waals surface area contributed by atoms with Gasteiger partial charge in [0.2, 0.25) is 0 Å². The minimum atomic E-state index is -1.07. The Labute approximate surface area is 122 Å². The number of urea groups is 1. The minimum absolute atomic E-state index is 0.0131. The van der Waals surface area contributed by atoms with Crippen LogP contribution in [0.25, 0.3) is 0 Å². The van der Waals surface area contributed by atoms with Crippen molar-refractivity contribution in [2.75, 3.05) is 13.1 Å². The van der Waals surface area contributed by atoms with Gasteiger partial charge in [-0.15, -0.1) is 0 Å². The molecule has 1 aromatic rings. The van der Waals surface area contributed by atoms with E-state index in [0.717, 1.165) is 5.56 Å². The molecule has 21 heavy (non-hydrogen) atoms. The fourth-order valence-electron chi connectivity index (χ4n) is 2.29. The monoisotopic (exact) mass is 293 g/mol. The maximum atomic E-state index is 12.1. The van der Waals surface area contributed by atoms with Gasteiger partial charge < -0.3 is 20.1 Å². The number of carboxylic acids is 1. The molecule has 2 N–H and O–H groups in total. The zero-order valence-corrected chi connectivity index (χ0v) is 12.1. The Morgan fingerprint density at radius 2 is 2.05 bits per heavy atom. The highest BCUT2D eigenvalue weighted by molar-refractivity contribution is 5.85. The third-order valence-electron chi connectivity index (χ3n) is 3.19. The first kappa shape index (κ1) is 15.2. The van der Waals surface area contributed by atoms with Crippen LogP contribution in [0.2, 0.25) is 0 Å². The van der Waals surface area contributed by atoms with E-state index in [0.29, 0.717) is 19.6 Å². The molecule has 1 aromatic heterocycles. The molecule has 2 heterocycles. The van der Waals surface area contributed by atoms with Crippen LogP contribution in [0.4, 0.5) is 4.79 Å². The molecule has 114 valence electrons. The number of aromatic carboxylic acids is 1. The van der Waals surface area contributed by atoms with Crippen molar-refractivity contribution in [3.8, 4) is 0 Å². The van der Waals surface area contributed by atoms with Gasteiger partial charge in [0.1, 0.15) is 5.69 Å². The summed E-state index contributed by atoms with van der Waals surface area (Å²) in [4.78, 5) is 28.3. The van der Waals surface area contributed by atoms with Crippen molar-refractivity contribution in [1.82, 2.24) is 15.2 Å². The van der Waals surface area contributed by atoms with Gasteiger partial charge >= 0.3 is 12.0 Å². The normalized spacial score (nSPS) is 21.9. The maximum Gasteiger partial charge on any atom is 0.354 e. The Bertz CT molecular complexity index is 507. The van der Waals surface area contributed by atoms with Crippen LogP contribution in [-0.4, -0.2) is 52.3 Å². The first-order valence-corrected chi connectivity index (χ1v) is 6.82. The Hall–Kier alpha value is -2.15. The number of morpholine rings is 1. The van der Waals surface area contributed by atoms with E-state index in [1.165, 1.54) is 12.3 Å². The summed E-state index contributed by atoms with van der Waals surface area (Å²) >= 11 is 0. The number of nitrogens with zero attached hydrogens (tertiary/aromatic N) is 2. The molecule has 0 bridgehead atoms. The number of nitrogens with one attached hydrogen (secondary N) is 1. The number of amides is 2. The number of pyridine rings is 1. The number of hydrogen-bond acceptors (Lipinski definition) is 4. The largest absolute Gasteiger partial charge is 0.477 e. The van der Waals surface area contributed by atoms with Gasteiger partial charge in [0, 0.05) is 25.8 Å². The molecule has 2 atom stereocenters. The number of carbonyl (C=O) groups excluding carboxylic acids is 1. The van der Waals surface area contributed by atoms with Crippen molar-refractivity contribution < 1.29 is 19.4 Å². The SMILES string of the molecule is CC1CN(C(=O)NCc2ccc(C(=O)O)nc2)CC(C)O1. The second kappa shape index (κ2) is 6.53. The molecule has 1 fully saturated rings. The van der Waals surface area contributed by atoms with E-state index in [1.54, 1.807) is 11.0 Å². The molecule has 2 unspecified atom stereocenters. The number of hydrogen-bond donors (Lipinski definition) is 2. The van der Waals surface area contributed by atoms with Gasteiger partial charge in [-0.2, -0.15) is 0 Å². The molecule has 0 radical (unpaired) electrons. The van der Waals surface area contributed by atoms with E-state index >= 15 is 0 Å².